The Morgan fingerprint density at radius 1 is 1.75 bits per heavy atom. The topological polar surface area (TPSA) is 66.8 Å². The van der Waals surface area contributed by atoms with Crippen molar-refractivity contribution in [3.05, 3.63) is 12.7 Å². The fraction of sp³-hybridized carbons (Fsp3) is 0.625. The summed E-state index contributed by atoms with van der Waals surface area (Å²) in [5, 5.41) is 17.7. The van der Waals surface area contributed by atoms with E-state index in [1.807, 2.05) is 0 Å². The van der Waals surface area contributed by atoms with Crippen molar-refractivity contribution in [2.75, 3.05) is 6.61 Å². The standard InChI is InChI=1S/C8H14O4/c1-3-7(6(10)5-9)12-8(11)4-2/h4,6-7,9-10H,2-3,5H2,1H3. The summed E-state index contributed by atoms with van der Waals surface area (Å²) in [7, 11) is 0. The number of hydrogen-bond acceptors (Lipinski definition) is 4. The van der Waals surface area contributed by atoms with Gasteiger partial charge in [0.05, 0.1) is 6.61 Å². The third-order valence-corrected chi connectivity index (χ3v) is 1.45. The minimum Gasteiger partial charge on any atom is -0.456 e. The van der Waals surface area contributed by atoms with Gasteiger partial charge in [-0.05, 0) is 6.42 Å². The molecule has 4 heteroatoms. The van der Waals surface area contributed by atoms with Crippen molar-refractivity contribution in [2.45, 2.75) is 25.6 Å². The predicted octanol–water partition coefficient (Wildman–Crippen LogP) is -0.153. The maximum Gasteiger partial charge on any atom is 0.330 e. The molecule has 0 bridgehead atoms. The van der Waals surface area contributed by atoms with Crippen LogP contribution in [0.5, 0.6) is 0 Å². The van der Waals surface area contributed by atoms with Gasteiger partial charge in [0, 0.05) is 6.08 Å². The Kier molecular flexibility index (Phi) is 5.32. The third kappa shape index (κ3) is 3.50. The fourth-order valence-electron chi connectivity index (χ4n) is 0.749. The molecule has 12 heavy (non-hydrogen) atoms. The summed E-state index contributed by atoms with van der Waals surface area (Å²) in [6.07, 6.45) is -0.187. The number of hydrogen-bond donors (Lipinski definition) is 2. The summed E-state index contributed by atoms with van der Waals surface area (Å²) >= 11 is 0. The van der Waals surface area contributed by atoms with Gasteiger partial charge in [-0.3, -0.25) is 0 Å². The predicted molar refractivity (Wildman–Crippen MR) is 43.5 cm³/mol. The summed E-state index contributed by atoms with van der Waals surface area (Å²) in [4.78, 5) is 10.7. The van der Waals surface area contributed by atoms with E-state index in [2.05, 4.69) is 6.58 Å². The molecule has 0 saturated carbocycles. The van der Waals surface area contributed by atoms with E-state index in [0.717, 1.165) is 6.08 Å². The van der Waals surface area contributed by atoms with E-state index in [1.54, 1.807) is 6.92 Å². The van der Waals surface area contributed by atoms with E-state index >= 15 is 0 Å². The second-order valence-corrected chi connectivity index (χ2v) is 2.34. The van der Waals surface area contributed by atoms with Crippen molar-refractivity contribution in [1.29, 1.82) is 0 Å². The third-order valence-electron chi connectivity index (χ3n) is 1.45. The van der Waals surface area contributed by atoms with Gasteiger partial charge in [0.25, 0.3) is 0 Å². The molecular weight excluding hydrogens is 160 g/mol. The maximum atomic E-state index is 10.7. The van der Waals surface area contributed by atoms with Crippen molar-refractivity contribution in [3.63, 3.8) is 0 Å². The molecule has 0 amide bonds. The second kappa shape index (κ2) is 5.74. The number of carbonyl (C=O) groups is 1. The van der Waals surface area contributed by atoms with Gasteiger partial charge in [0.2, 0.25) is 0 Å². The highest BCUT2D eigenvalue weighted by atomic mass is 16.6. The van der Waals surface area contributed by atoms with E-state index in [9.17, 15) is 4.79 Å². The van der Waals surface area contributed by atoms with Gasteiger partial charge >= 0.3 is 5.97 Å². The van der Waals surface area contributed by atoms with Gasteiger partial charge in [0.15, 0.2) is 0 Å². The Balaban J connectivity index is 3.98. The first-order valence-corrected chi connectivity index (χ1v) is 3.77. The van der Waals surface area contributed by atoms with Crippen LogP contribution in [0.3, 0.4) is 0 Å². The lowest BCUT2D eigenvalue weighted by molar-refractivity contribution is -0.150. The van der Waals surface area contributed by atoms with E-state index in [-0.39, 0.29) is 0 Å². The molecule has 0 aromatic heterocycles. The highest BCUT2D eigenvalue weighted by Crippen LogP contribution is 2.04. The molecule has 0 heterocycles. The van der Waals surface area contributed by atoms with Crippen LogP contribution in [0.15, 0.2) is 12.7 Å². The molecule has 0 radical (unpaired) electrons. The number of aliphatic hydroxyl groups is 2. The zero-order chi connectivity index (χ0) is 9.56. The van der Waals surface area contributed by atoms with Crippen molar-refractivity contribution in [3.8, 4) is 0 Å². The van der Waals surface area contributed by atoms with Crippen LogP contribution in [0, 0.1) is 0 Å². The molecule has 2 unspecified atom stereocenters. The van der Waals surface area contributed by atoms with Gasteiger partial charge in [-0.1, -0.05) is 13.5 Å². The molecule has 0 aromatic rings. The number of aliphatic hydroxyl groups excluding tert-OH is 2. The van der Waals surface area contributed by atoms with Crippen LogP contribution in [-0.4, -0.2) is 35.0 Å². The molecular formula is C8H14O4. The fourth-order valence-corrected chi connectivity index (χ4v) is 0.749. The maximum absolute atomic E-state index is 10.7. The Morgan fingerprint density at radius 3 is 2.67 bits per heavy atom. The molecule has 70 valence electrons. The molecule has 2 atom stereocenters. The Hall–Kier alpha value is -0.870. The highest BCUT2D eigenvalue weighted by Gasteiger charge is 2.19. The Bertz CT molecular complexity index is 155. The summed E-state index contributed by atoms with van der Waals surface area (Å²) in [6.45, 7) is 4.55. The Labute approximate surface area is 71.5 Å². The van der Waals surface area contributed by atoms with E-state index in [1.165, 1.54) is 0 Å². The van der Waals surface area contributed by atoms with Gasteiger partial charge in [-0.15, -0.1) is 0 Å². The molecule has 0 saturated heterocycles. The SMILES string of the molecule is C=CC(=O)OC(CC)C(O)CO. The van der Waals surface area contributed by atoms with Gasteiger partial charge in [-0.2, -0.15) is 0 Å². The number of ether oxygens (including phenoxy) is 1. The first-order chi connectivity index (χ1) is 5.65. The molecule has 0 fully saturated rings. The monoisotopic (exact) mass is 174 g/mol. The smallest absolute Gasteiger partial charge is 0.330 e. The van der Waals surface area contributed by atoms with Crippen LogP contribution in [-0.2, 0) is 9.53 Å². The quantitative estimate of drug-likeness (QED) is 0.449. The number of carbonyl (C=O) groups excluding carboxylic acids is 1. The molecule has 4 nitrogen and oxygen atoms in total. The van der Waals surface area contributed by atoms with Crippen LogP contribution >= 0.6 is 0 Å². The van der Waals surface area contributed by atoms with Crippen LogP contribution in [0.25, 0.3) is 0 Å². The lowest BCUT2D eigenvalue weighted by atomic mass is 10.1. The molecule has 0 aliphatic carbocycles. The van der Waals surface area contributed by atoms with Crippen molar-refractivity contribution in [2.24, 2.45) is 0 Å². The molecule has 0 rings (SSSR count). The zero-order valence-corrected chi connectivity index (χ0v) is 7.06. The van der Waals surface area contributed by atoms with E-state index in [0.29, 0.717) is 6.42 Å². The minimum atomic E-state index is -1.01. The first kappa shape index (κ1) is 11.1. The minimum absolute atomic E-state index is 0.414. The van der Waals surface area contributed by atoms with Crippen LogP contribution in [0.4, 0.5) is 0 Å². The largest absolute Gasteiger partial charge is 0.456 e. The van der Waals surface area contributed by atoms with E-state index < -0.39 is 24.8 Å². The average Bonchev–Trinajstić information content (AvgIpc) is 2.12. The summed E-state index contributed by atoms with van der Waals surface area (Å²) < 4.78 is 4.73. The molecule has 2 N–H and O–H groups in total. The molecule has 0 spiro atoms. The van der Waals surface area contributed by atoms with Crippen molar-refractivity contribution < 1.29 is 19.7 Å². The van der Waals surface area contributed by atoms with Gasteiger partial charge < -0.3 is 14.9 Å². The number of rotatable bonds is 5. The van der Waals surface area contributed by atoms with Crippen LogP contribution < -0.4 is 0 Å². The first-order valence-electron chi connectivity index (χ1n) is 3.77. The number of esters is 1. The molecule has 0 aliphatic heterocycles. The molecule has 0 aliphatic rings. The summed E-state index contributed by atoms with van der Waals surface area (Å²) in [5.74, 6) is -0.589. The summed E-state index contributed by atoms with van der Waals surface area (Å²) in [6, 6.07) is 0. The average molecular weight is 174 g/mol. The lowest BCUT2D eigenvalue weighted by Crippen LogP contribution is -2.32. The van der Waals surface area contributed by atoms with E-state index in [4.69, 9.17) is 14.9 Å². The van der Waals surface area contributed by atoms with Gasteiger partial charge in [0.1, 0.15) is 12.2 Å². The van der Waals surface area contributed by atoms with Crippen LogP contribution in [0.2, 0.25) is 0 Å². The van der Waals surface area contributed by atoms with Crippen molar-refractivity contribution in [1.82, 2.24) is 0 Å². The van der Waals surface area contributed by atoms with Gasteiger partial charge in [-0.25, -0.2) is 4.79 Å². The zero-order valence-electron chi connectivity index (χ0n) is 7.06. The van der Waals surface area contributed by atoms with Crippen molar-refractivity contribution >= 4 is 5.97 Å². The lowest BCUT2D eigenvalue weighted by Gasteiger charge is -2.19. The highest BCUT2D eigenvalue weighted by molar-refractivity contribution is 5.81. The van der Waals surface area contributed by atoms with Crippen LogP contribution in [0.1, 0.15) is 13.3 Å². The normalized spacial score (nSPS) is 14.9. The Morgan fingerprint density at radius 2 is 2.33 bits per heavy atom. The molecule has 0 aromatic carbocycles. The second-order valence-electron chi connectivity index (χ2n) is 2.34. The summed E-state index contributed by atoms with van der Waals surface area (Å²) in [5.41, 5.74) is 0.